The molecular formula is C29H25N3OSe. The zero-order valence-corrected chi connectivity index (χ0v) is 20.9. The van der Waals surface area contributed by atoms with E-state index in [0.717, 1.165) is 33.4 Å². The number of benzene rings is 4. The first-order valence-electron chi connectivity index (χ1n) is 11.2. The van der Waals surface area contributed by atoms with E-state index in [4.69, 9.17) is 4.74 Å². The first-order chi connectivity index (χ1) is 16.7. The Labute approximate surface area is 206 Å². The Hall–Kier alpha value is -3.66. The van der Waals surface area contributed by atoms with Gasteiger partial charge in [0.25, 0.3) is 0 Å². The minimum absolute atomic E-state index is 0.260. The summed E-state index contributed by atoms with van der Waals surface area (Å²) in [4.78, 5) is 0. The van der Waals surface area contributed by atoms with E-state index in [9.17, 15) is 0 Å². The summed E-state index contributed by atoms with van der Waals surface area (Å²) in [6, 6.07) is 35.8. The molecule has 5 heteroatoms. The molecule has 5 aromatic rings. The van der Waals surface area contributed by atoms with Crippen LogP contribution in [0.15, 0.2) is 103 Å². The van der Waals surface area contributed by atoms with Crippen molar-refractivity contribution in [2.24, 2.45) is 0 Å². The second-order valence-corrected chi connectivity index (χ2v) is 10.2. The number of allylic oxidation sites excluding steroid dienone is 1. The van der Waals surface area contributed by atoms with Crippen molar-refractivity contribution in [3.05, 3.63) is 120 Å². The van der Waals surface area contributed by atoms with Gasteiger partial charge in [0.05, 0.1) is 0 Å². The molecule has 0 atom stereocenters. The first-order valence-corrected chi connectivity index (χ1v) is 13.2. The van der Waals surface area contributed by atoms with Crippen LogP contribution in [0.25, 0.3) is 22.3 Å². The van der Waals surface area contributed by atoms with Gasteiger partial charge < -0.3 is 0 Å². The fourth-order valence-corrected chi connectivity index (χ4v) is 5.95. The summed E-state index contributed by atoms with van der Waals surface area (Å²) in [7, 11) is 1.69. The second kappa shape index (κ2) is 10.1. The predicted molar refractivity (Wildman–Crippen MR) is 141 cm³/mol. The fraction of sp³-hybridized carbons (Fsp3) is 0.103. The van der Waals surface area contributed by atoms with E-state index >= 15 is 0 Å². The molecule has 0 aliphatic carbocycles. The number of rotatable bonds is 7. The molecular weight excluding hydrogens is 485 g/mol. The zero-order chi connectivity index (χ0) is 23.3. The summed E-state index contributed by atoms with van der Waals surface area (Å²) in [5.74, 6) is 0.830. The third-order valence-corrected chi connectivity index (χ3v) is 7.92. The van der Waals surface area contributed by atoms with Gasteiger partial charge in [0.1, 0.15) is 0 Å². The van der Waals surface area contributed by atoms with E-state index in [-0.39, 0.29) is 15.0 Å². The van der Waals surface area contributed by atoms with Crippen molar-refractivity contribution in [2.45, 2.75) is 12.2 Å². The third-order valence-electron chi connectivity index (χ3n) is 5.74. The van der Waals surface area contributed by atoms with Crippen LogP contribution in [-0.2, 0) is 0 Å². The summed E-state index contributed by atoms with van der Waals surface area (Å²) in [5.41, 5.74) is 7.71. The average molecular weight is 510 g/mol. The number of ether oxygens (including phenoxy) is 1. The molecule has 1 aromatic heterocycles. The Bertz CT molecular complexity index is 1420. The van der Waals surface area contributed by atoms with Crippen molar-refractivity contribution in [3.63, 3.8) is 0 Å². The van der Waals surface area contributed by atoms with E-state index in [1.807, 2.05) is 35.0 Å². The van der Waals surface area contributed by atoms with Gasteiger partial charge >= 0.3 is 206 Å². The second-order valence-electron chi connectivity index (χ2n) is 8.01. The Morgan fingerprint density at radius 3 is 2.21 bits per heavy atom. The molecule has 0 bridgehead atoms. The number of fused-ring (bicyclic) bond motifs is 1. The number of methoxy groups -OCH3 is 1. The summed E-state index contributed by atoms with van der Waals surface area (Å²) < 4.78 is 8.79. The Kier molecular flexibility index (Phi) is 6.57. The van der Waals surface area contributed by atoms with E-state index in [2.05, 4.69) is 90.0 Å². The monoisotopic (exact) mass is 511 g/mol. The quantitative estimate of drug-likeness (QED) is 0.211. The van der Waals surface area contributed by atoms with Crippen LogP contribution in [0.4, 0.5) is 0 Å². The molecule has 0 saturated carbocycles. The van der Waals surface area contributed by atoms with E-state index in [1.54, 1.807) is 7.11 Å². The fourth-order valence-electron chi connectivity index (χ4n) is 3.92. The van der Waals surface area contributed by atoms with Crippen LogP contribution in [0.3, 0.4) is 0 Å². The Balaban J connectivity index is 1.74. The first kappa shape index (κ1) is 22.1. The number of nitrogens with zero attached hydrogens (tertiary/aromatic N) is 3. The molecule has 0 amide bonds. The van der Waals surface area contributed by atoms with Crippen LogP contribution in [0, 0.1) is 6.92 Å². The molecule has 34 heavy (non-hydrogen) atoms. The molecule has 5 rings (SSSR count). The molecule has 0 aliphatic heterocycles. The van der Waals surface area contributed by atoms with Gasteiger partial charge in [-0.3, -0.25) is 0 Å². The predicted octanol–water partition coefficient (Wildman–Crippen LogP) is 5.61. The van der Waals surface area contributed by atoms with Crippen molar-refractivity contribution < 1.29 is 4.74 Å². The number of para-hydroxylation sites is 1. The van der Waals surface area contributed by atoms with E-state index in [1.165, 1.54) is 21.2 Å². The number of hydrogen-bond acceptors (Lipinski definition) is 3. The van der Waals surface area contributed by atoms with E-state index < -0.39 is 0 Å². The Morgan fingerprint density at radius 1 is 0.794 bits per heavy atom. The van der Waals surface area contributed by atoms with Gasteiger partial charge in [0, 0.05) is 0 Å². The normalized spacial score (nSPS) is 11.9. The van der Waals surface area contributed by atoms with Gasteiger partial charge in [0.2, 0.25) is 0 Å². The molecule has 4 aromatic carbocycles. The summed E-state index contributed by atoms with van der Waals surface area (Å²) in [6.45, 7) is 2.12. The van der Waals surface area contributed by atoms with Gasteiger partial charge in [-0.2, -0.15) is 0 Å². The van der Waals surface area contributed by atoms with Gasteiger partial charge in [-0.1, -0.05) is 0 Å². The molecule has 168 valence electrons. The van der Waals surface area contributed by atoms with Crippen LogP contribution < -0.4 is 9.20 Å². The van der Waals surface area contributed by atoms with Crippen molar-refractivity contribution in [1.29, 1.82) is 0 Å². The molecule has 0 radical (unpaired) electrons. The number of aryl methyl sites for hydroxylation is 1. The van der Waals surface area contributed by atoms with Crippen LogP contribution in [-0.4, -0.2) is 37.1 Å². The molecule has 4 nitrogen and oxygen atoms in total. The van der Waals surface area contributed by atoms with Crippen LogP contribution >= 0.6 is 0 Å². The van der Waals surface area contributed by atoms with Crippen molar-refractivity contribution >= 4 is 41.7 Å². The summed E-state index contributed by atoms with van der Waals surface area (Å²) in [5, 5.41) is 10.0. The van der Waals surface area contributed by atoms with E-state index in [0.29, 0.717) is 0 Å². The van der Waals surface area contributed by atoms with Gasteiger partial charge in [-0.05, 0) is 0 Å². The van der Waals surface area contributed by atoms with Gasteiger partial charge in [-0.25, -0.2) is 0 Å². The maximum absolute atomic E-state index is 5.43. The molecule has 0 unspecified atom stereocenters. The minimum atomic E-state index is 0.260. The Morgan fingerprint density at radius 2 is 1.47 bits per heavy atom. The molecule has 0 aliphatic rings. The number of aromatic nitrogens is 3. The molecule has 0 spiro atoms. The van der Waals surface area contributed by atoms with Crippen molar-refractivity contribution in [1.82, 2.24) is 15.0 Å². The molecule has 0 fully saturated rings. The van der Waals surface area contributed by atoms with Crippen LogP contribution in [0.2, 0.25) is 5.32 Å². The maximum atomic E-state index is 5.43. The van der Waals surface area contributed by atoms with Crippen molar-refractivity contribution in [3.8, 4) is 5.75 Å². The summed E-state index contributed by atoms with van der Waals surface area (Å²) in [6.07, 6.45) is 0. The van der Waals surface area contributed by atoms with Crippen LogP contribution in [0.1, 0.15) is 16.7 Å². The topological polar surface area (TPSA) is 39.9 Å². The molecule has 0 saturated heterocycles. The number of hydrogen-bond donors (Lipinski definition) is 0. The van der Waals surface area contributed by atoms with Crippen molar-refractivity contribution in [2.75, 3.05) is 7.11 Å². The van der Waals surface area contributed by atoms with Gasteiger partial charge in [-0.15, -0.1) is 0 Å². The molecule has 0 N–H and O–H groups in total. The average Bonchev–Trinajstić information content (AvgIpc) is 3.32. The third kappa shape index (κ3) is 4.67. The SMILES string of the molecule is COc1ccc(/C(=C(/C[Se]c2ccccc2)c2ccc(C)cc2)n2nnc3ccccc32)cc1. The summed E-state index contributed by atoms with van der Waals surface area (Å²) >= 11 is 0.260. The molecule has 1 heterocycles. The van der Waals surface area contributed by atoms with Gasteiger partial charge in [0.15, 0.2) is 0 Å². The van der Waals surface area contributed by atoms with Crippen LogP contribution in [0.5, 0.6) is 5.75 Å². The zero-order valence-electron chi connectivity index (χ0n) is 19.2. The standard InChI is InChI=1S/C29H25N3OSe/c1-21-12-14-22(15-13-21)26(20-34-25-8-4-3-5-9-25)29(23-16-18-24(33-2)19-17-23)32-28-11-7-6-10-27(28)30-31-32/h3-19H,20H2,1-2H3/b29-26+.